The SMILES string of the molecule is COC(=O)C(C(=O)C1CC(C(F)(F)F)C1)c1ccc(Cl)cc1. The Morgan fingerprint density at radius 3 is 2.23 bits per heavy atom. The van der Waals surface area contributed by atoms with Crippen LogP contribution in [0.3, 0.4) is 0 Å². The van der Waals surface area contributed by atoms with Crippen molar-refractivity contribution in [1.82, 2.24) is 0 Å². The molecule has 120 valence electrons. The van der Waals surface area contributed by atoms with E-state index in [1.807, 2.05) is 0 Å². The molecule has 1 atom stereocenters. The summed E-state index contributed by atoms with van der Waals surface area (Å²) in [6.45, 7) is 0. The maximum atomic E-state index is 12.5. The molecule has 0 amide bonds. The third-order valence-electron chi connectivity index (χ3n) is 3.93. The molecule has 0 N–H and O–H groups in total. The molecule has 1 aliphatic carbocycles. The highest BCUT2D eigenvalue weighted by molar-refractivity contribution is 6.30. The Morgan fingerprint density at radius 2 is 1.77 bits per heavy atom. The number of hydrogen-bond acceptors (Lipinski definition) is 3. The van der Waals surface area contributed by atoms with Crippen LogP contribution in [0.15, 0.2) is 24.3 Å². The predicted octanol–water partition coefficient (Wildman–Crippen LogP) is 3.75. The summed E-state index contributed by atoms with van der Waals surface area (Å²) in [6.07, 6.45) is -4.84. The number of carbonyl (C=O) groups excluding carboxylic acids is 2. The molecule has 1 aromatic carbocycles. The Kier molecular flexibility index (Phi) is 4.80. The number of hydrogen-bond donors (Lipinski definition) is 0. The summed E-state index contributed by atoms with van der Waals surface area (Å²) in [7, 11) is 1.14. The van der Waals surface area contributed by atoms with E-state index in [9.17, 15) is 22.8 Å². The maximum Gasteiger partial charge on any atom is 0.391 e. The van der Waals surface area contributed by atoms with E-state index in [-0.39, 0.29) is 12.8 Å². The monoisotopic (exact) mass is 334 g/mol. The summed E-state index contributed by atoms with van der Waals surface area (Å²) in [5.74, 6) is -4.75. The minimum absolute atomic E-state index is 0.274. The largest absolute Gasteiger partial charge is 0.468 e. The second-order valence-corrected chi connectivity index (χ2v) is 5.75. The molecule has 0 aliphatic heterocycles. The van der Waals surface area contributed by atoms with E-state index in [1.54, 1.807) is 0 Å². The molecule has 0 heterocycles. The number of ether oxygens (including phenoxy) is 1. The van der Waals surface area contributed by atoms with Crippen LogP contribution in [0.25, 0.3) is 0 Å². The van der Waals surface area contributed by atoms with Gasteiger partial charge in [0.15, 0.2) is 5.78 Å². The lowest BCUT2D eigenvalue weighted by atomic mass is 9.69. The summed E-state index contributed by atoms with van der Waals surface area (Å²) in [5, 5.41) is 0.431. The van der Waals surface area contributed by atoms with Crippen LogP contribution in [0.4, 0.5) is 13.2 Å². The average molecular weight is 335 g/mol. The fourth-order valence-electron chi connectivity index (χ4n) is 2.54. The van der Waals surface area contributed by atoms with E-state index in [0.717, 1.165) is 7.11 Å². The summed E-state index contributed by atoms with van der Waals surface area (Å²) < 4.78 is 42.2. The topological polar surface area (TPSA) is 43.4 Å². The van der Waals surface area contributed by atoms with Crippen molar-refractivity contribution in [2.75, 3.05) is 7.11 Å². The minimum Gasteiger partial charge on any atom is -0.468 e. The van der Waals surface area contributed by atoms with Gasteiger partial charge >= 0.3 is 12.1 Å². The lowest BCUT2D eigenvalue weighted by molar-refractivity contribution is -0.204. The molecule has 0 bridgehead atoms. The molecule has 1 unspecified atom stereocenters. The third-order valence-corrected chi connectivity index (χ3v) is 4.18. The summed E-state index contributed by atoms with van der Waals surface area (Å²) >= 11 is 5.75. The van der Waals surface area contributed by atoms with Crippen molar-refractivity contribution >= 4 is 23.4 Å². The van der Waals surface area contributed by atoms with Crippen molar-refractivity contribution in [2.45, 2.75) is 24.9 Å². The minimum atomic E-state index is -4.29. The zero-order valence-electron chi connectivity index (χ0n) is 11.7. The van der Waals surface area contributed by atoms with Crippen LogP contribution in [0, 0.1) is 11.8 Å². The number of halogens is 4. The standard InChI is InChI=1S/C15H14ClF3O3/c1-22-14(21)12(8-2-4-11(16)5-3-8)13(20)9-6-10(7-9)15(17,18)19/h2-5,9-10,12H,6-7H2,1H3. The second kappa shape index (κ2) is 6.28. The number of esters is 1. The number of Topliss-reactive ketones (excluding diaryl/α,β-unsaturated/α-hetero) is 1. The van der Waals surface area contributed by atoms with Crippen LogP contribution in [0.2, 0.25) is 5.02 Å². The summed E-state index contributed by atoms with van der Waals surface area (Å²) in [6, 6.07) is 6.03. The van der Waals surface area contributed by atoms with Crippen molar-refractivity contribution in [3.05, 3.63) is 34.9 Å². The average Bonchev–Trinajstić information content (AvgIpc) is 2.37. The van der Waals surface area contributed by atoms with E-state index < -0.39 is 35.7 Å². The quantitative estimate of drug-likeness (QED) is 0.622. The first kappa shape index (κ1) is 16.8. The summed E-state index contributed by atoms with van der Waals surface area (Å²) in [4.78, 5) is 24.2. The Bertz CT molecular complexity index is 562. The molecule has 3 nitrogen and oxygen atoms in total. The van der Waals surface area contributed by atoms with Gasteiger partial charge in [-0.05, 0) is 30.5 Å². The molecule has 0 radical (unpaired) electrons. The number of carbonyl (C=O) groups is 2. The Hall–Kier alpha value is -1.56. The fraction of sp³-hybridized carbons (Fsp3) is 0.467. The lowest BCUT2D eigenvalue weighted by Gasteiger charge is -2.36. The van der Waals surface area contributed by atoms with Gasteiger partial charge in [-0.1, -0.05) is 23.7 Å². The van der Waals surface area contributed by atoms with E-state index in [4.69, 9.17) is 11.6 Å². The predicted molar refractivity (Wildman–Crippen MR) is 73.5 cm³/mol. The van der Waals surface area contributed by atoms with Crippen molar-refractivity contribution in [3.63, 3.8) is 0 Å². The van der Waals surface area contributed by atoms with Gasteiger partial charge in [-0.3, -0.25) is 9.59 Å². The van der Waals surface area contributed by atoms with Crippen LogP contribution < -0.4 is 0 Å². The Balaban J connectivity index is 2.15. The smallest absolute Gasteiger partial charge is 0.391 e. The molecule has 0 spiro atoms. The molecule has 2 rings (SSSR count). The van der Waals surface area contributed by atoms with Gasteiger partial charge in [-0.2, -0.15) is 13.2 Å². The van der Waals surface area contributed by atoms with Gasteiger partial charge in [0, 0.05) is 10.9 Å². The van der Waals surface area contributed by atoms with Crippen molar-refractivity contribution in [1.29, 1.82) is 0 Å². The van der Waals surface area contributed by atoms with Crippen LogP contribution in [0.1, 0.15) is 24.3 Å². The fourth-order valence-corrected chi connectivity index (χ4v) is 2.67. The van der Waals surface area contributed by atoms with Crippen molar-refractivity contribution in [3.8, 4) is 0 Å². The lowest BCUT2D eigenvalue weighted by Crippen LogP contribution is -2.42. The van der Waals surface area contributed by atoms with E-state index in [0.29, 0.717) is 10.6 Å². The number of benzene rings is 1. The normalized spacial score (nSPS) is 22.6. The number of alkyl halides is 3. The van der Waals surface area contributed by atoms with Gasteiger partial charge in [0.2, 0.25) is 0 Å². The second-order valence-electron chi connectivity index (χ2n) is 5.32. The van der Waals surface area contributed by atoms with Crippen LogP contribution in [-0.2, 0) is 14.3 Å². The molecule has 0 aromatic heterocycles. The van der Waals surface area contributed by atoms with E-state index in [1.165, 1.54) is 24.3 Å². The van der Waals surface area contributed by atoms with Crippen molar-refractivity contribution in [2.24, 2.45) is 11.8 Å². The molecular weight excluding hydrogens is 321 g/mol. The number of rotatable bonds is 4. The van der Waals surface area contributed by atoms with Gasteiger partial charge < -0.3 is 4.74 Å². The molecular formula is C15H14ClF3O3. The van der Waals surface area contributed by atoms with Crippen LogP contribution in [-0.4, -0.2) is 25.0 Å². The Morgan fingerprint density at radius 1 is 1.23 bits per heavy atom. The first-order chi connectivity index (χ1) is 10.2. The molecule has 22 heavy (non-hydrogen) atoms. The van der Waals surface area contributed by atoms with Gasteiger partial charge in [0.25, 0.3) is 0 Å². The number of ketones is 1. The van der Waals surface area contributed by atoms with E-state index in [2.05, 4.69) is 4.74 Å². The van der Waals surface area contributed by atoms with Gasteiger partial charge in [-0.25, -0.2) is 0 Å². The molecule has 7 heteroatoms. The van der Waals surface area contributed by atoms with Gasteiger partial charge in [0.05, 0.1) is 13.0 Å². The first-order valence-electron chi connectivity index (χ1n) is 6.67. The molecule has 1 aliphatic rings. The number of methoxy groups -OCH3 is 1. The summed E-state index contributed by atoms with van der Waals surface area (Å²) in [5.41, 5.74) is 0.372. The highest BCUT2D eigenvalue weighted by Gasteiger charge is 2.51. The zero-order valence-corrected chi connectivity index (χ0v) is 12.4. The highest BCUT2D eigenvalue weighted by atomic mass is 35.5. The van der Waals surface area contributed by atoms with Gasteiger partial charge in [-0.15, -0.1) is 0 Å². The molecule has 1 fully saturated rings. The van der Waals surface area contributed by atoms with Crippen LogP contribution >= 0.6 is 11.6 Å². The van der Waals surface area contributed by atoms with Gasteiger partial charge in [0.1, 0.15) is 5.92 Å². The highest BCUT2D eigenvalue weighted by Crippen LogP contribution is 2.46. The zero-order chi connectivity index (χ0) is 16.5. The van der Waals surface area contributed by atoms with Crippen molar-refractivity contribution < 1.29 is 27.5 Å². The molecule has 1 aromatic rings. The van der Waals surface area contributed by atoms with E-state index >= 15 is 0 Å². The molecule has 1 saturated carbocycles. The molecule has 0 saturated heterocycles. The van der Waals surface area contributed by atoms with Crippen LogP contribution in [0.5, 0.6) is 0 Å². The first-order valence-corrected chi connectivity index (χ1v) is 7.05. The Labute approximate surface area is 130 Å². The third kappa shape index (κ3) is 3.43. The maximum absolute atomic E-state index is 12.5.